The molecular formula is C25H21NO5. The fourth-order valence-electron chi connectivity index (χ4n) is 3.34. The Morgan fingerprint density at radius 2 is 1.39 bits per heavy atom. The molecule has 0 heterocycles. The fraction of sp³-hybridized carbons (Fsp3) is 0.120. The summed E-state index contributed by atoms with van der Waals surface area (Å²) in [4.78, 5) is 36.3. The second-order valence-corrected chi connectivity index (χ2v) is 7.13. The molecule has 0 aliphatic rings. The third-order valence-corrected chi connectivity index (χ3v) is 5.05. The van der Waals surface area contributed by atoms with Crippen LogP contribution in [0, 0.1) is 16.0 Å². The number of allylic oxidation sites excluding steroid dienone is 1. The van der Waals surface area contributed by atoms with E-state index in [1.165, 1.54) is 24.3 Å². The first-order valence-electron chi connectivity index (χ1n) is 9.67. The van der Waals surface area contributed by atoms with E-state index in [-0.39, 0.29) is 29.2 Å². The van der Waals surface area contributed by atoms with Crippen LogP contribution in [0.5, 0.6) is 0 Å². The van der Waals surface area contributed by atoms with Gasteiger partial charge in [0.05, 0.1) is 16.9 Å². The Balaban J connectivity index is 1.90. The van der Waals surface area contributed by atoms with Gasteiger partial charge < -0.3 is 5.11 Å². The third kappa shape index (κ3) is 5.18. The van der Waals surface area contributed by atoms with Crippen LogP contribution in [0.3, 0.4) is 0 Å². The van der Waals surface area contributed by atoms with Gasteiger partial charge in [-0.1, -0.05) is 67.2 Å². The van der Waals surface area contributed by atoms with Gasteiger partial charge in [-0.05, 0) is 29.7 Å². The van der Waals surface area contributed by atoms with E-state index in [0.717, 1.165) is 0 Å². The molecule has 0 aliphatic heterocycles. The molecule has 6 heteroatoms. The van der Waals surface area contributed by atoms with Crippen LogP contribution in [-0.2, 0) is 0 Å². The lowest BCUT2D eigenvalue weighted by Crippen LogP contribution is -2.24. The lowest BCUT2D eigenvalue weighted by molar-refractivity contribution is -0.384. The molecule has 3 aromatic rings. The Hall–Kier alpha value is -3.90. The van der Waals surface area contributed by atoms with Gasteiger partial charge in [0.1, 0.15) is 0 Å². The van der Waals surface area contributed by atoms with Crippen molar-refractivity contribution in [1.82, 2.24) is 0 Å². The molecule has 156 valence electrons. The molecule has 31 heavy (non-hydrogen) atoms. The van der Waals surface area contributed by atoms with Crippen LogP contribution in [0.2, 0.25) is 0 Å². The summed E-state index contributed by atoms with van der Waals surface area (Å²) in [5, 5.41) is 21.9. The van der Waals surface area contributed by atoms with E-state index < -0.39 is 16.9 Å². The van der Waals surface area contributed by atoms with Gasteiger partial charge in [-0.3, -0.25) is 19.7 Å². The molecule has 1 N–H and O–H groups in total. The van der Waals surface area contributed by atoms with E-state index in [0.29, 0.717) is 16.7 Å². The summed E-state index contributed by atoms with van der Waals surface area (Å²) in [6, 6.07) is 22.4. The number of carbonyl (C=O) groups excluding carboxylic acids is 2. The molecular weight excluding hydrogens is 394 g/mol. The second kappa shape index (κ2) is 9.73. The van der Waals surface area contributed by atoms with Gasteiger partial charge in [0.25, 0.3) is 5.69 Å². The monoisotopic (exact) mass is 415 g/mol. The van der Waals surface area contributed by atoms with Gasteiger partial charge in [0.2, 0.25) is 0 Å². The molecule has 0 amide bonds. The van der Waals surface area contributed by atoms with Crippen molar-refractivity contribution in [2.24, 2.45) is 5.92 Å². The van der Waals surface area contributed by atoms with Gasteiger partial charge in [0.15, 0.2) is 11.6 Å². The quantitative estimate of drug-likeness (QED) is 0.231. The van der Waals surface area contributed by atoms with Crippen molar-refractivity contribution in [1.29, 1.82) is 0 Å². The molecule has 2 unspecified atom stereocenters. The van der Waals surface area contributed by atoms with Crippen LogP contribution in [0.4, 0.5) is 5.69 Å². The van der Waals surface area contributed by atoms with Crippen LogP contribution < -0.4 is 0 Å². The minimum atomic E-state index is -1.27. The van der Waals surface area contributed by atoms with Crippen LogP contribution in [-0.4, -0.2) is 21.6 Å². The van der Waals surface area contributed by atoms with Gasteiger partial charge >= 0.3 is 0 Å². The van der Waals surface area contributed by atoms with E-state index in [1.54, 1.807) is 60.7 Å². The highest BCUT2D eigenvalue weighted by Gasteiger charge is 2.31. The number of aliphatic hydroxyl groups excluding tert-OH is 1. The number of hydrogen-bond acceptors (Lipinski definition) is 5. The van der Waals surface area contributed by atoms with Gasteiger partial charge in [-0.15, -0.1) is 0 Å². The summed E-state index contributed by atoms with van der Waals surface area (Å²) in [5.41, 5.74) is 1.27. The number of aliphatic hydroxyl groups is 1. The molecule has 0 bridgehead atoms. The van der Waals surface area contributed by atoms with E-state index in [4.69, 9.17) is 0 Å². The lowest BCUT2D eigenvalue weighted by atomic mass is 9.82. The number of hydrogen-bond donors (Lipinski definition) is 1. The number of carbonyl (C=O) groups is 2. The minimum absolute atomic E-state index is 0.0559. The largest absolute Gasteiger partial charge is 0.388 e. The minimum Gasteiger partial charge on any atom is -0.388 e. The predicted molar refractivity (Wildman–Crippen MR) is 117 cm³/mol. The number of Topliss-reactive ketones (excluding diaryl/α,β-unsaturated/α-hetero) is 2. The Kier molecular flexibility index (Phi) is 6.85. The number of nitro groups is 1. The lowest BCUT2D eigenvalue weighted by Gasteiger charge is -2.23. The number of ketones is 2. The van der Waals surface area contributed by atoms with E-state index in [1.807, 2.05) is 0 Å². The van der Waals surface area contributed by atoms with Crippen LogP contribution in [0.25, 0.3) is 0 Å². The van der Waals surface area contributed by atoms with E-state index in [2.05, 4.69) is 6.58 Å². The van der Waals surface area contributed by atoms with Crippen molar-refractivity contribution >= 4 is 17.3 Å². The number of benzene rings is 3. The summed E-state index contributed by atoms with van der Waals surface area (Å²) in [5.74, 6) is -1.63. The zero-order valence-corrected chi connectivity index (χ0v) is 16.7. The van der Waals surface area contributed by atoms with E-state index >= 15 is 0 Å². The summed E-state index contributed by atoms with van der Waals surface area (Å²) >= 11 is 0. The van der Waals surface area contributed by atoms with Crippen molar-refractivity contribution < 1.29 is 19.6 Å². The molecule has 0 radical (unpaired) electrons. The Labute approximate surface area is 179 Å². The van der Waals surface area contributed by atoms with Gasteiger partial charge in [0, 0.05) is 23.3 Å². The standard InChI is InChI=1S/C25H21NO5/c1-17(23(27)18-8-4-2-5-9-18)16-22(24(28)19-10-6-3-7-11-19)25(29)20-12-14-21(15-13-20)26(30)31/h2-15,22,25,29H,1,16H2. The highest BCUT2D eigenvalue weighted by Crippen LogP contribution is 2.32. The summed E-state index contributed by atoms with van der Waals surface area (Å²) in [7, 11) is 0. The van der Waals surface area contributed by atoms with Crippen molar-refractivity contribution in [3.8, 4) is 0 Å². The molecule has 3 rings (SSSR count). The van der Waals surface area contributed by atoms with Crippen molar-refractivity contribution in [3.05, 3.63) is 124 Å². The molecule has 3 aromatic carbocycles. The SMILES string of the molecule is C=C(CC(C(=O)c1ccccc1)C(O)c1ccc([N+](=O)[O-])cc1)C(=O)c1ccccc1. The van der Waals surface area contributed by atoms with E-state index in [9.17, 15) is 24.8 Å². The normalized spacial score (nSPS) is 12.5. The average molecular weight is 415 g/mol. The summed E-state index contributed by atoms with van der Waals surface area (Å²) in [6.07, 6.45) is -1.33. The Morgan fingerprint density at radius 1 is 0.871 bits per heavy atom. The molecule has 0 aromatic heterocycles. The molecule has 6 nitrogen and oxygen atoms in total. The van der Waals surface area contributed by atoms with Crippen LogP contribution >= 0.6 is 0 Å². The topological polar surface area (TPSA) is 97.5 Å². The van der Waals surface area contributed by atoms with Crippen LogP contribution in [0.1, 0.15) is 38.8 Å². The number of rotatable bonds is 9. The predicted octanol–water partition coefficient (Wildman–Crippen LogP) is 4.96. The highest BCUT2D eigenvalue weighted by molar-refractivity contribution is 6.09. The zero-order chi connectivity index (χ0) is 22.4. The van der Waals surface area contributed by atoms with Crippen LogP contribution in [0.15, 0.2) is 97.1 Å². The Morgan fingerprint density at radius 3 is 1.90 bits per heavy atom. The first kappa shape index (κ1) is 21.8. The molecule has 0 saturated heterocycles. The maximum Gasteiger partial charge on any atom is 0.269 e. The number of non-ortho nitro benzene ring substituents is 1. The van der Waals surface area contributed by atoms with Gasteiger partial charge in [-0.2, -0.15) is 0 Å². The molecule has 0 spiro atoms. The third-order valence-electron chi connectivity index (χ3n) is 5.05. The first-order valence-corrected chi connectivity index (χ1v) is 9.67. The van der Waals surface area contributed by atoms with Crippen molar-refractivity contribution in [3.63, 3.8) is 0 Å². The Bertz CT molecular complexity index is 1090. The van der Waals surface area contributed by atoms with Gasteiger partial charge in [-0.25, -0.2) is 0 Å². The molecule has 2 atom stereocenters. The molecule has 0 saturated carbocycles. The first-order chi connectivity index (χ1) is 14.9. The average Bonchev–Trinajstić information content (AvgIpc) is 2.82. The summed E-state index contributed by atoms with van der Waals surface area (Å²) in [6.45, 7) is 3.86. The van der Waals surface area contributed by atoms with Crippen molar-refractivity contribution in [2.45, 2.75) is 12.5 Å². The maximum atomic E-state index is 13.2. The second-order valence-electron chi connectivity index (χ2n) is 7.13. The van der Waals surface area contributed by atoms with Crippen molar-refractivity contribution in [2.75, 3.05) is 0 Å². The highest BCUT2D eigenvalue weighted by atomic mass is 16.6. The number of nitrogens with zero attached hydrogens (tertiary/aromatic N) is 1. The fourth-order valence-corrected chi connectivity index (χ4v) is 3.34. The molecule has 0 fully saturated rings. The smallest absolute Gasteiger partial charge is 0.269 e. The molecule has 0 aliphatic carbocycles. The maximum absolute atomic E-state index is 13.2. The zero-order valence-electron chi connectivity index (χ0n) is 16.7. The number of nitro benzene ring substituents is 1. The summed E-state index contributed by atoms with van der Waals surface area (Å²) < 4.78 is 0.